The lowest BCUT2D eigenvalue weighted by atomic mass is 10.1. The third-order valence-electron chi connectivity index (χ3n) is 4.00. The van der Waals surface area contributed by atoms with Crippen molar-refractivity contribution in [1.29, 1.82) is 0 Å². The Morgan fingerprint density at radius 3 is 2.28 bits per heavy atom. The van der Waals surface area contributed by atoms with Gasteiger partial charge in [0, 0.05) is 24.2 Å². The molecule has 0 bridgehead atoms. The number of benzene rings is 2. The summed E-state index contributed by atoms with van der Waals surface area (Å²) in [6.07, 6.45) is -4.29. The van der Waals surface area contributed by atoms with Crippen molar-refractivity contribution in [1.82, 2.24) is 5.32 Å². The van der Waals surface area contributed by atoms with E-state index in [1.54, 1.807) is 17.0 Å². The molecule has 1 saturated heterocycles. The second-order valence-corrected chi connectivity index (χ2v) is 5.79. The molecule has 2 aromatic carbocycles. The van der Waals surface area contributed by atoms with Crippen molar-refractivity contribution in [3.05, 3.63) is 65.7 Å². The number of hydrogen-bond acceptors (Lipinski definition) is 2. The second kappa shape index (κ2) is 6.58. The number of anilines is 1. The molecule has 2 amide bonds. The molecule has 0 saturated carbocycles. The predicted octanol–water partition coefficient (Wildman–Crippen LogP) is 3.24. The van der Waals surface area contributed by atoms with E-state index in [0.29, 0.717) is 6.54 Å². The minimum absolute atomic E-state index is 0.107. The summed E-state index contributed by atoms with van der Waals surface area (Å²) in [6.45, 7) is 0.329. The molecular formula is C18H15F3N2O2. The highest BCUT2D eigenvalue weighted by molar-refractivity contribution is 5.98. The van der Waals surface area contributed by atoms with Crippen LogP contribution in [0.4, 0.5) is 18.9 Å². The van der Waals surface area contributed by atoms with Crippen molar-refractivity contribution < 1.29 is 22.8 Å². The van der Waals surface area contributed by atoms with E-state index in [0.717, 1.165) is 30.0 Å². The van der Waals surface area contributed by atoms with E-state index in [9.17, 15) is 22.8 Å². The molecule has 0 aliphatic carbocycles. The maximum atomic E-state index is 12.6. The first-order valence-corrected chi connectivity index (χ1v) is 7.68. The molecule has 1 heterocycles. The van der Waals surface area contributed by atoms with Crippen molar-refractivity contribution >= 4 is 17.5 Å². The van der Waals surface area contributed by atoms with Gasteiger partial charge in [0.05, 0.1) is 11.6 Å². The molecule has 1 aliphatic heterocycles. The minimum Gasteiger partial charge on any atom is -0.347 e. The zero-order chi connectivity index (χ0) is 18.0. The monoisotopic (exact) mass is 348 g/mol. The zero-order valence-electron chi connectivity index (χ0n) is 13.1. The molecule has 130 valence electrons. The highest BCUT2D eigenvalue weighted by Crippen LogP contribution is 2.29. The van der Waals surface area contributed by atoms with Crippen LogP contribution in [0.3, 0.4) is 0 Å². The minimum atomic E-state index is -4.44. The Hall–Kier alpha value is -2.83. The van der Waals surface area contributed by atoms with Crippen LogP contribution < -0.4 is 10.2 Å². The predicted molar refractivity (Wildman–Crippen MR) is 86.1 cm³/mol. The summed E-state index contributed by atoms with van der Waals surface area (Å²) >= 11 is 0. The number of para-hydroxylation sites is 1. The molecule has 0 aromatic heterocycles. The molecule has 0 radical (unpaired) electrons. The third kappa shape index (κ3) is 3.81. The number of amides is 2. The average Bonchev–Trinajstić information content (AvgIpc) is 2.95. The van der Waals surface area contributed by atoms with Crippen LogP contribution in [0, 0.1) is 0 Å². The van der Waals surface area contributed by atoms with Crippen LogP contribution in [0.5, 0.6) is 0 Å². The number of carbonyl (C=O) groups is 2. The van der Waals surface area contributed by atoms with Crippen LogP contribution in [-0.2, 0) is 11.0 Å². The van der Waals surface area contributed by atoms with Crippen molar-refractivity contribution in [3.8, 4) is 0 Å². The van der Waals surface area contributed by atoms with E-state index in [-0.39, 0.29) is 23.9 Å². The van der Waals surface area contributed by atoms with Crippen LogP contribution in [0.2, 0.25) is 0 Å². The number of nitrogens with zero attached hydrogens (tertiary/aromatic N) is 1. The fourth-order valence-corrected chi connectivity index (χ4v) is 2.74. The van der Waals surface area contributed by atoms with E-state index in [2.05, 4.69) is 5.32 Å². The summed E-state index contributed by atoms with van der Waals surface area (Å²) in [4.78, 5) is 25.9. The maximum Gasteiger partial charge on any atom is 0.416 e. The van der Waals surface area contributed by atoms with Crippen LogP contribution in [0.1, 0.15) is 22.3 Å². The Morgan fingerprint density at radius 2 is 1.68 bits per heavy atom. The number of hydrogen-bond donors (Lipinski definition) is 1. The Bertz CT molecular complexity index is 773. The lowest BCUT2D eigenvalue weighted by Crippen LogP contribution is -2.37. The highest BCUT2D eigenvalue weighted by Gasteiger charge is 2.32. The smallest absolute Gasteiger partial charge is 0.347 e. The molecule has 1 fully saturated rings. The first-order chi connectivity index (χ1) is 11.8. The molecule has 1 N–H and O–H groups in total. The first kappa shape index (κ1) is 17.0. The maximum absolute atomic E-state index is 12.6. The largest absolute Gasteiger partial charge is 0.416 e. The van der Waals surface area contributed by atoms with Gasteiger partial charge in [0.15, 0.2) is 0 Å². The van der Waals surface area contributed by atoms with Crippen LogP contribution in [0.15, 0.2) is 54.6 Å². The number of carbonyl (C=O) groups excluding carboxylic acids is 2. The van der Waals surface area contributed by atoms with E-state index in [4.69, 9.17) is 0 Å². The summed E-state index contributed by atoms with van der Waals surface area (Å²) in [7, 11) is 0. The topological polar surface area (TPSA) is 49.4 Å². The van der Waals surface area contributed by atoms with Crippen molar-refractivity contribution in [3.63, 3.8) is 0 Å². The van der Waals surface area contributed by atoms with Gasteiger partial charge in [-0.05, 0) is 36.4 Å². The fraction of sp³-hybridized carbons (Fsp3) is 0.222. The molecule has 1 atom stereocenters. The molecule has 1 aliphatic rings. The average molecular weight is 348 g/mol. The zero-order valence-corrected chi connectivity index (χ0v) is 13.1. The van der Waals surface area contributed by atoms with Gasteiger partial charge in [-0.3, -0.25) is 9.59 Å². The van der Waals surface area contributed by atoms with Crippen LogP contribution in [-0.4, -0.2) is 24.4 Å². The van der Waals surface area contributed by atoms with Crippen molar-refractivity contribution in [2.45, 2.75) is 18.6 Å². The highest BCUT2D eigenvalue weighted by atomic mass is 19.4. The first-order valence-electron chi connectivity index (χ1n) is 7.68. The summed E-state index contributed by atoms with van der Waals surface area (Å²) in [5.74, 6) is -0.606. The Labute approximate surface area is 142 Å². The van der Waals surface area contributed by atoms with Crippen molar-refractivity contribution in [2.75, 3.05) is 11.4 Å². The molecule has 0 unspecified atom stereocenters. The summed E-state index contributed by atoms with van der Waals surface area (Å²) < 4.78 is 37.7. The summed E-state index contributed by atoms with van der Waals surface area (Å²) in [5.41, 5.74) is 0.0627. The van der Waals surface area contributed by atoms with E-state index < -0.39 is 17.6 Å². The van der Waals surface area contributed by atoms with Gasteiger partial charge in [0.25, 0.3) is 5.91 Å². The molecule has 25 heavy (non-hydrogen) atoms. The van der Waals surface area contributed by atoms with Gasteiger partial charge in [-0.15, -0.1) is 0 Å². The molecule has 2 aromatic rings. The third-order valence-corrected chi connectivity index (χ3v) is 4.00. The van der Waals surface area contributed by atoms with Gasteiger partial charge in [-0.25, -0.2) is 0 Å². The Morgan fingerprint density at radius 1 is 1.04 bits per heavy atom. The van der Waals surface area contributed by atoms with Gasteiger partial charge < -0.3 is 10.2 Å². The molecule has 0 spiro atoms. The lowest BCUT2D eigenvalue weighted by molar-refractivity contribution is -0.137. The van der Waals surface area contributed by atoms with Gasteiger partial charge in [-0.1, -0.05) is 18.2 Å². The molecule has 3 rings (SSSR count). The number of halogens is 3. The molecular weight excluding hydrogens is 333 g/mol. The van der Waals surface area contributed by atoms with E-state index >= 15 is 0 Å². The van der Waals surface area contributed by atoms with Crippen LogP contribution >= 0.6 is 0 Å². The van der Waals surface area contributed by atoms with Crippen molar-refractivity contribution in [2.24, 2.45) is 0 Å². The Balaban J connectivity index is 1.65. The fourth-order valence-electron chi connectivity index (χ4n) is 2.74. The van der Waals surface area contributed by atoms with Gasteiger partial charge in [0.1, 0.15) is 0 Å². The SMILES string of the molecule is O=C(N[C@H]1CC(=O)N(c2ccccc2)C1)c1ccc(C(F)(F)F)cc1. The summed E-state index contributed by atoms with van der Waals surface area (Å²) in [6, 6.07) is 12.7. The van der Waals surface area contributed by atoms with Crippen LogP contribution in [0.25, 0.3) is 0 Å². The number of nitrogens with one attached hydrogen (secondary N) is 1. The van der Waals surface area contributed by atoms with E-state index in [1.165, 1.54) is 0 Å². The normalized spacial score (nSPS) is 17.6. The molecule has 4 nitrogen and oxygen atoms in total. The standard InChI is InChI=1S/C18H15F3N2O2/c19-18(20,21)13-8-6-12(7-9-13)17(25)22-14-10-16(24)23(11-14)15-4-2-1-3-5-15/h1-9,14H,10-11H2,(H,22,25)/t14-/m0/s1. The van der Waals surface area contributed by atoms with Gasteiger partial charge >= 0.3 is 6.18 Å². The lowest BCUT2D eigenvalue weighted by Gasteiger charge is -2.17. The number of rotatable bonds is 3. The van der Waals surface area contributed by atoms with Gasteiger partial charge in [0.2, 0.25) is 5.91 Å². The van der Waals surface area contributed by atoms with Gasteiger partial charge in [-0.2, -0.15) is 13.2 Å². The quantitative estimate of drug-likeness (QED) is 0.926. The molecule has 7 heteroatoms. The number of alkyl halides is 3. The summed E-state index contributed by atoms with van der Waals surface area (Å²) in [5, 5.41) is 2.70. The van der Waals surface area contributed by atoms with E-state index in [1.807, 2.05) is 18.2 Å². The second-order valence-electron chi connectivity index (χ2n) is 5.79. The Kier molecular flexibility index (Phi) is 4.48.